The number of carbonyl (C=O) groups is 2. The first-order valence-corrected chi connectivity index (χ1v) is 10.7. The molecule has 1 heterocycles. The molecular formula is C23H34N2O2. The highest BCUT2D eigenvalue weighted by molar-refractivity contribution is 5.93. The molecule has 1 aromatic rings. The Morgan fingerprint density at radius 1 is 1.04 bits per heavy atom. The Morgan fingerprint density at radius 2 is 1.74 bits per heavy atom. The largest absolute Gasteiger partial charge is 0.339 e. The fourth-order valence-corrected chi connectivity index (χ4v) is 4.66. The third kappa shape index (κ3) is 4.72. The van der Waals surface area contributed by atoms with Crippen molar-refractivity contribution in [2.45, 2.75) is 78.2 Å². The molecule has 4 heteroatoms. The van der Waals surface area contributed by atoms with Crippen molar-refractivity contribution >= 4 is 17.5 Å². The predicted molar refractivity (Wildman–Crippen MR) is 110 cm³/mol. The minimum absolute atomic E-state index is 0.0253. The zero-order valence-electron chi connectivity index (χ0n) is 17.1. The maximum atomic E-state index is 13.0. The summed E-state index contributed by atoms with van der Waals surface area (Å²) in [5.41, 5.74) is 3.16. The van der Waals surface area contributed by atoms with Gasteiger partial charge in [-0.05, 0) is 82.4 Å². The van der Waals surface area contributed by atoms with E-state index in [0.717, 1.165) is 68.3 Å². The van der Waals surface area contributed by atoms with E-state index in [2.05, 4.69) is 23.2 Å². The number of benzene rings is 1. The molecule has 4 nitrogen and oxygen atoms in total. The number of hydrogen-bond donors (Lipinski definition) is 1. The number of nitrogens with one attached hydrogen (secondary N) is 1. The van der Waals surface area contributed by atoms with Gasteiger partial charge in [-0.1, -0.05) is 19.1 Å². The summed E-state index contributed by atoms with van der Waals surface area (Å²) in [7, 11) is 0. The Balaban J connectivity index is 1.54. The fraction of sp³-hybridized carbons (Fsp3) is 0.652. The van der Waals surface area contributed by atoms with Crippen molar-refractivity contribution in [3.63, 3.8) is 0 Å². The molecule has 1 saturated carbocycles. The van der Waals surface area contributed by atoms with E-state index in [-0.39, 0.29) is 17.7 Å². The summed E-state index contributed by atoms with van der Waals surface area (Å²) in [6.07, 6.45) is 7.90. The monoisotopic (exact) mass is 370 g/mol. The molecule has 0 bridgehead atoms. The summed E-state index contributed by atoms with van der Waals surface area (Å²) in [6.45, 7) is 7.17. The van der Waals surface area contributed by atoms with E-state index in [9.17, 15) is 9.59 Å². The number of piperidine rings is 1. The second kappa shape index (κ2) is 8.90. The summed E-state index contributed by atoms with van der Waals surface area (Å²) >= 11 is 0. The van der Waals surface area contributed by atoms with Gasteiger partial charge in [-0.15, -0.1) is 0 Å². The van der Waals surface area contributed by atoms with Crippen LogP contribution in [0.1, 0.15) is 69.4 Å². The average Bonchev–Trinajstić information content (AvgIpc) is 2.70. The van der Waals surface area contributed by atoms with E-state index in [4.69, 9.17) is 0 Å². The van der Waals surface area contributed by atoms with Gasteiger partial charge >= 0.3 is 0 Å². The number of rotatable bonds is 4. The maximum absolute atomic E-state index is 13.0. The smallest absolute Gasteiger partial charge is 0.227 e. The van der Waals surface area contributed by atoms with Crippen molar-refractivity contribution in [3.05, 3.63) is 29.3 Å². The molecular weight excluding hydrogens is 336 g/mol. The van der Waals surface area contributed by atoms with E-state index in [1.54, 1.807) is 0 Å². The van der Waals surface area contributed by atoms with Crippen molar-refractivity contribution < 1.29 is 9.59 Å². The van der Waals surface area contributed by atoms with Gasteiger partial charge in [-0.2, -0.15) is 0 Å². The lowest BCUT2D eigenvalue weighted by Gasteiger charge is -2.39. The van der Waals surface area contributed by atoms with Crippen molar-refractivity contribution in [2.75, 3.05) is 11.9 Å². The van der Waals surface area contributed by atoms with Crippen molar-refractivity contribution in [3.8, 4) is 0 Å². The van der Waals surface area contributed by atoms with Gasteiger partial charge < -0.3 is 10.2 Å². The van der Waals surface area contributed by atoms with Crippen LogP contribution in [-0.4, -0.2) is 29.3 Å². The SMILES string of the molecule is CCC1CCCCN1C(=O)C1CCC(C(=O)Nc2cc(C)ccc2C)CC1. The first-order valence-electron chi connectivity index (χ1n) is 10.7. The molecule has 1 saturated heterocycles. The topological polar surface area (TPSA) is 49.4 Å². The molecule has 1 N–H and O–H groups in total. The van der Waals surface area contributed by atoms with Crippen molar-refractivity contribution in [1.29, 1.82) is 0 Å². The van der Waals surface area contributed by atoms with Gasteiger partial charge in [0.25, 0.3) is 0 Å². The molecule has 3 rings (SSSR count). The van der Waals surface area contributed by atoms with Gasteiger partial charge in [0, 0.05) is 30.1 Å². The van der Waals surface area contributed by atoms with E-state index < -0.39 is 0 Å². The molecule has 1 unspecified atom stereocenters. The molecule has 1 aromatic carbocycles. The van der Waals surface area contributed by atoms with Gasteiger partial charge in [0.05, 0.1) is 0 Å². The van der Waals surface area contributed by atoms with E-state index in [1.165, 1.54) is 6.42 Å². The third-order valence-electron chi connectivity index (χ3n) is 6.48. The third-order valence-corrected chi connectivity index (χ3v) is 6.48. The average molecular weight is 371 g/mol. The van der Waals surface area contributed by atoms with Gasteiger partial charge in [0.1, 0.15) is 0 Å². The summed E-state index contributed by atoms with van der Waals surface area (Å²) in [6, 6.07) is 6.57. The first kappa shape index (κ1) is 19.9. The molecule has 2 aliphatic rings. The lowest BCUT2D eigenvalue weighted by Crippen LogP contribution is -2.47. The van der Waals surface area contributed by atoms with Crippen molar-refractivity contribution in [2.24, 2.45) is 11.8 Å². The maximum Gasteiger partial charge on any atom is 0.227 e. The summed E-state index contributed by atoms with van der Waals surface area (Å²) < 4.78 is 0. The molecule has 1 atom stereocenters. The molecule has 27 heavy (non-hydrogen) atoms. The van der Waals surface area contributed by atoms with Crippen LogP contribution in [0, 0.1) is 25.7 Å². The number of nitrogens with zero attached hydrogens (tertiary/aromatic N) is 1. The standard InChI is InChI=1S/C23H34N2O2/c1-4-20-7-5-6-14-25(20)23(27)19-12-10-18(11-13-19)22(26)24-21-15-16(2)8-9-17(21)3/h8-9,15,18-20H,4-7,10-14H2,1-3H3,(H,24,26). The van der Waals surface area contributed by atoms with Crippen LogP contribution in [0.2, 0.25) is 0 Å². The minimum Gasteiger partial charge on any atom is -0.339 e. The Labute approximate surface area is 163 Å². The minimum atomic E-state index is 0.0253. The lowest BCUT2D eigenvalue weighted by molar-refractivity contribution is -0.141. The normalized spacial score (nSPS) is 25.9. The van der Waals surface area contributed by atoms with Crippen LogP contribution in [0.25, 0.3) is 0 Å². The molecule has 0 aromatic heterocycles. The Hall–Kier alpha value is -1.84. The van der Waals surface area contributed by atoms with E-state index >= 15 is 0 Å². The number of amides is 2. The molecule has 2 amide bonds. The number of carbonyl (C=O) groups excluding carboxylic acids is 2. The summed E-state index contributed by atoms with van der Waals surface area (Å²) in [4.78, 5) is 27.8. The lowest BCUT2D eigenvalue weighted by atomic mass is 9.80. The van der Waals surface area contributed by atoms with E-state index in [1.807, 2.05) is 26.0 Å². The van der Waals surface area contributed by atoms with Crippen LogP contribution in [-0.2, 0) is 9.59 Å². The Kier molecular flexibility index (Phi) is 6.56. The predicted octanol–water partition coefficient (Wildman–Crippen LogP) is 4.84. The Morgan fingerprint density at radius 3 is 2.44 bits per heavy atom. The van der Waals surface area contributed by atoms with Gasteiger partial charge in [-0.25, -0.2) is 0 Å². The zero-order valence-corrected chi connectivity index (χ0v) is 17.1. The van der Waals surface area contributed by atoms with Gasteiger partial charge in [0.15, 0.2) is 0 Å². The van der Waals surface area contributed by atoms with E-state index in [0.29, 0.717) is 11.9 Å². The molecule has 0 spiro atoms. The van der Waals surface area contributed by atoms with Gasteiger partial charge in [0.2, 0.25) is 11.8 Å². The highest BCUT2D eigenvalue weighted by atomic mass is 16.2. The van der Waals surface area contributed by atoms with Crippen LogP contribution < -0.4 is 5.32 Å². The van der Waals surface area contributed by atoms with Crippen LogP contribution in [0.15, 0.2) is 18.2 Å². The van der Waals surface area contributed by atoms with Crippen LogP contribution in [0.4, 0.5) is 5.69 Å². The molecule has 0 radical (unpaired) electrons. The van der Waals surface area contributed by atoms with Crippen LogP contribution in [0.5, 0.6) is 0 Å². The van der Waals surface area contributed by atoms with Crippen LogP contribution >= 0.6 is 0 Å². The summed E-state index contributed by atoms with van der Waals surface area (Å²) in [5, 5.41) is 3.11. The number of aryl methyl sites for hydroxylation is 2. The second-order valence-electron chi connectivity index (χ2n) is 8.45. The quantitative estimate of drug-likeness (QED) is 0.824. The first-order chi connectivity index (χ1) is 13.0. The molecule has 148 valence electrons. The van der Waals surface area contributed by atoms with Gasteiger partial charge in [-0.3, -0.25) is 9.59 Å². The molecule has 1 aliphatic carbocycles. The molecule has 1 aliphatic heterocycles. The summed E-state index contributed by atoms with van der Waals surface area (Å²) in [5.74, 6) is 0.591. The zero-order chi connectivity index (χ0) is 19.4. The second-order valence-corrected chi connectivity index (χ2v) is 8.45. The fourth-order valence-electron chi connectivity index (χ4n) is 4.66. The number of hydrogen-bond acceptors (Lipinski definition) is 2. The highest BCUT2D eigenvalue weighted by Gasteiger charge is 2.35. The van der Waals surface area contributed by atoms with Crippen LogP contribution in [0.3, 0.4) is 0 Å². The number of anilines is 1. The van der Waals surface area contributed by atoms with Crippen molar-refractivity contribution in [1.82, 2.24) is 4.90 Å². The molecule has 2 fully saturated rings. The highest BCUT2D eigenvalue weighted by Crippen LogP contribution is 2.33. The number of likely N-dealkylation sites (tertiary alicyclic amines) is 1. The Bertz CT molecular complexity index is 677.